The Kier molecular flexibility index (Phi) is 5.26. The molecule has 0 aliphatic rings. The SMILES string of the molecule is CC(C)C[C@H](NC(=O)c1cc(Cl)c(Cl)n1C)C(=O)O. The fourth-order valence-corrected chi connectivity index (χ4v) is 2.06. The van der Waals surface area contributed by atoms with Gasteiger partial charge in [-0.3, -0.25) is 4.79 Å². The summed E-state index contributed by atoms with van der Waals surface area (Å²) in [5.74, 6) is -1.42. The molecule has 1 atom stereocenters. The average Bonchev–Trinajstić information content (AvgIpc) is 2.55. The first kappa shape index (κ1) is 15.9. The minimum Gasteiger partial charge on any atom is -0.480 e. The summed E-state index contributed by atoms with van der Waals surface area (Å²) in [4.78, 5) is 23.1. The highest BCUT2D eigenvalue weighted by molar-refractivity contribution is 6.41. The highest BCUT2D eigenvalue weighted by Gasteiger charge is 2.24. The third-order valence-corrected chi connectivity index (χ3v) is 3.50. The van der Waals surface area contributed by atoms with Crippen molar-refractivity contribution in [2.45, 2.75) is 26.3 Å². The van der Waals surface area contributed by atoms with E-state index >= 15 is 0 Å². The largest absolute Gasteiger partial charge is 0.480 e. The summed E-state index contributed by atoms with van der Waals surface area (Å²) in [5.41, 5.74) is 0.227. The van der Waals surface area contributed by atoms with Crippen molar-refractivity contribution in [1.82, 2.24) is 9.88 Å². The van der Waals surface area contributed by atoms with Gasteiger partial charge in [-0.15, -0.1) is 0 Å². The minimum absolute atomic E-state index is 0.155. The van der Waals surface area contributed by atoms with Crippen LogP contribution in [0.5, 0.6) is 0 Å². The lowest BCUT2D eigenvalue weighted by atomic mass is 10.0. The molecule has 0 bridgehead atoms. The van der Waals surface area contributed by atoms with E-state index < -0.39 is 17.9 Å². The van der Waals surface area contributed by atoms with Crippen LogP contribution in [0.25, 0.3) is 0 Å². The quantitative estimate of drug-likeness (QED) is 0.878. The van der Waals surface area contributed by atoms with Crippen LogP contribution in [-0.4, -0.2) is 27.6 Å². The molecular formula is C12H16Cl2N2O3. The first-order chi connectivity index (χ1) is 8.73. The molecule has 0 aliphatic carbocycles. The number of carboxylic acid groups (broad SMARTS) is 1. The number of aromatic nitrogens is 1. The maximum Gasteiger partial charge on any atom is 0.326 e. The van der Waals surface area contributed by atoms with Crippen LogP contribution in [0.15, 0.2) is 6.07 Å². The number of carboxylic acids is 1. The van der Waals surface area contributed by atoms with E-state index in [1.165, 1.54) is 10.6 Å². The van der Waals surface area contributed by atoms with Gasteiger partial charge in [0.15, 0.2) is 0 Å². The smallest absolute Gasteiger partial charge is 0.326 e. The Hall–Kier alpha value is -1.20. The van der Waals surface area contributed by atoms with Gasteiger partial charge in [-0.25, -0.2) is 4.79 Å². The highest BCUT2D eigenvalue weighted by Crippen LogP contribution is 2.25. The molecule has 2 N–H and O–H groups in total. The summed E-state index contributed by atoms with van der Waals surface area (Å²) >= 11 is 11.7. The Balaban J connectivity index is 2.88. The van der Waals surface area contributed by atoms with Crippen LogP contribution in [0.4, 0.5) is 0 Å². The number of rotatable bonds is 5. The summed E-state index contributed by atoms with van der Waals surface area (Å²) in [6, 6.07) is 0.480. The zero-order valence-electron chi connectivity index (χ0n) is 10.9. The number of carbonyl (C=O) groups excluding carboxylic acids is 1. The van der Waals surface area contributed by atoms with Crippen LogP contribution in [0.3, 0.4) is 0 Å². The maximum atomic E-state index is 12.0. The molecule has 1 aromatic rings. The number of amides is 1. The van der Waals surface area contributed by atoms with Gasteiger partial charge in [0.1, 0.15) is 16.9 Å². The molecule has 1 aromatic heterocycles. The van der Waals surface area contributed by atoms with Crippen LogP contribution in [0.2, 0.25) is 10.2 Å². The van der Waals surface area contributed by atoms with E-state index in [0.29, 0.717) is 6.42 Å². The first-order valence-corrected chi connectivity index (χ1v) is 6.54. The predicted octanol–water partition coefficient (Wildman–Crippen LogP) is 2.56. The Morgan fingerprint density at radius 1 is 1.42 bits per heavy atom. The number of aliphatic carboxylic acids is 1. The zero-order valence-corrected chi connectivity index (χ0v) is 12.4. The van der Waals surface area contributed by atoms with Crippen LogP contribution < -0.4 is 5.32 Å². The molecular weight excluding hydrogens is 291 g/mol. The Labute approximate surface area is 121 Å². The first-order valence-electron chi connectivity index (χ1n) is 5.78. The van der Waals surface area contributed by atoms with E-state index in [9.17, 15) is 9.59 Å². The lowest BCUT2D eigenvalue weighted by molar-refractivity contribution is -0.139. The molecule has 0 aliphatic heterocycles. The molecule has 7 heteroatoms. The van der Waals surface area contributed by atoms with Gasteiger partial charge in [-0.05, 0) is 18.4 Å². The molecule has 0 saturated heterocycles. The van der Waals surface area contributed by atoms with Crippen molar-refractivity contribution >= 4 is 35.1 Å². The molecule has 5 nitrogen and oxygen atoms in total. The number of nitrogens with zero attached hydrogens (tertiary/aromatic N) is 1. The second-order valence-electron chi connectivity index (χ2n) is 4.72. The summed E-state index contributed by atoms with van der Waals surface area (Å²) in [6.07, 6.45) is 0.354. The van der Waals surface area contributed by atoms with E-state index in [0.717, 1.165) is 0 Å². The molecule has 1 amide bonds. The molecule has 0 saturated carbocycles. The van der Waals surface area contributed by atoms with Crippen molar-refractivity contribution < 1.29 is 14.7 Å². The molecule has 1 heterocycles. The number of hydrogen-bond donors (Lipinski definition) is 2. The minimum atomic E-state index is -1.06. The van der Waals surface area contributed by atoms with Gasteiger partial charge in [0.05, 0.1) is 5.02 Å². The summed E-state index contributed by atoms with van der Waals surface area (Å²) in [5, 5.41) is 12.0. The monoisotopic (exact) mass is 306 g/mol. The molecule has 0 aromatic carbocycles. The van der Waals surface area contributed by atoms with Crippen molar-refractivity contribution in [3.05, 3.63) is 21.9 Å². The zero-order chi connectivity index (χ0) is 14.7. The molecule has 19 heavy (non-hydrogen) atoms. The Morgan fingerprint density at radius 2 is 2.00 bits per heavy atom. The standard InChI is InChI=1S/C12H16Cl2N2O3/c1-6(2)4-8(12(18)19)15-11(17)9-5-7(13)10(14)16(9)3/h5-6,8H,4H2,1-3H3,(H,15,17)(H,18,19)/t8-/m0/s1. The van der Waals surface area contributed by atoms with Crippen LogP contribution in [0, 0.1) is 5.92 Å². The maximum absolute atomic E-state index is 12.0. The number of carbonyl (C=O) groups is 2. The lowest BCUT2D eigenvalue weighted by Crippen LogP contribution is -2.42. The number of halogens is 2. The van der Waals surface area contributed by atoms with Crippen LogP contribution in [-0.2, 0) is 11.8 Å². The molecule has 0 spiro atoms. The second-order valence-corrected chi connectivity index (χ2v) is 5.49. The van der Waals surface area contributed by atoms with Crippen molar-refractivity contribution in [2.24, 2.45) is 13.0 Å². The summed E-state index contributed by atoms with van der Waals surface area (Å²) < 4.78 is 1.41. The third kappa shape index (κ3) is 3.88. The van der Waals surface area contributed by atoms with E-state index in [4.69, 9.17) is 28.3 Å². The summed E-state index contributed by atoms with van der Waals surface area (Å²) in [7, 11) is 1.58. The normalized spacial score (nSPS) is 12.5. The molecule has 0 unspecified atom stereocenters. The Morgan fingerprint density at radius 3 is 2.37 bits per heavy atom. The molecule has 1 rings (SSSR count). The third-order valence-electron chi connectivity index (χ3n) is 2.66. The van der Waals surface area contributed by atoms with Crippen molar-refractivity contribution in [2.75, 3.05) is 0 Å². The van der Waals surface area contributed by atoms with E-state index in [2.05, 4.69) is 5.32 Å². The van der Waals surface area contributed by atoms with Gasteiger partial charge in [0.2, 0.25) is 0 Å². The van der Waals surface area contributed by atoms with Gasteiger partial charge in [0, 0.05) is 7.05 Å². The van der Waals surface area contributed by atoms with E-state index in [1.807, 2.05) is 13.8 Å². The van der Waals surface area contributed by atoms with Crippen molar-refractivity contribution in [1.29, 1.82) is 0 Å². The van der Waals surface area contributed by atoms with Gasteiger partial charge < -0.3 is 15.0 Å². The Bertz CT molecular complexity index is 497. The number of nitrogens with one attached hydrogen (secondary N) is 1. The van der Waals surface area contributed by atoms with Crippen LogP contribution in [0.1, 0.15) is 30.8 Å². The van der Waals surface area contributed by atoms with Crippen molar-refractivity contribution in [3.63, 3.8) is 0 Å². The van der Waals surface area contributed by atoms with E-state index in [1.54, 1.807) is 7.05 Å². The van der Waals surface area contributed by atoms with E-state index in [-0.39, 0.29) is 21.8 Å². The van der Waals surface area contributed by atoms with Gasteiger partial charge in [0.25, 0.3) is 5.91 Å². The van der Waals surface area contributed by atoms with Gasteiger partial charge in [-0.2, -0.15) is 0 Å². The summed E-state index contributed by atoms with van der Waals surface area (Å²) in [6.45, 7) is 3.77. The fourth-order valence-electron chi connectivity index (χ4n) is 1.69. The topological polar surface area (TPSA) is 71.3 Å². The molecule has 0 fully saturated rings. The predicted molar refractivity (Wildman–Crippen MR) is 73.8 cm³/mol. The second kappa shape index (κ2) is 6.30. The van der Waals surface area contributed by atoms with Crippen molar-refractivity contribution in [3.8, 4) is 0 Å². The van der Waals surface area contributed by atoms with Crippen LogP contribution >= 0.6 is 23.2 Å². The average molecular weight is 307 g/mol. The van der Waals surface area contributed by atoms with Gasteiger partial charge >= 0.3 is 5.97 Å². The lowest BCUT2D eigenvalue weighted by Gasteiger charge is -2.16. The number of hydrogen-bond acceptors (Lipinski definition) is 2. The highest BCUT2D eigenvalue weighted by atomic mass is 35.5. The fraction of sp³-hybridized carbons (Fsp3) is 0.500. The molecule has 0 radical (unpaired) electrons. The molecule has 106 valence electrons. The van der Waals surface area contributed by atoms with Gasteiger partial charge in [-0.1, -0.05) is 37.0 Å².